The van der Waals surface area contributed by atoms with Gasteiger partial charge in [0.25, 0.3) is 10.0 Å². The summed E-state index contributed by atoms with van der Waals surface area (Å²) < 4.78 is 26.6. The zero-order valence-electron chi connectivity index (χ0n) is 21.4. The molecule has 0 N–H and O–H groups in total. The molecule has 0 unspecified atom stereocenters. The number of carbonyl (C=O) groups excluding carboxylic acids is 1. The molecule has 0 aliphatic heterocycles. The predicted molar refractivity (Wildman–Crippen MR) is 142 cm³/mol. The summed E-state index contributed by atoms with van der Waals surface area (Å²) >= 11 is 0. The second-order valence-corrected chi connectivity index (χ2v) is 11.5. The Morgan fingerprint density at radius 1 is 0.706 bits per heavy atom. The number of hydrogen-bond acceptors (Lipinski definition) is 3. The maximum Gasteiger partial charge on any atom is 0.267 e. The van der Waals surface area contributed by atoms with Crippen molar-refractivity contribution in [2.24, 2.45) is 0 Å². The predicted octanol–water partition coefficient (Wildman–Crippen LogP) is 8.48. The minimum atomic E-state index is -3.65. The van der Waals surface area contributed by atoms with Gasteiger partial charge in [-0.3, -0.25) is 4.79 Å². The van der Waals surface area contributed by atoms with Crippen LogP contribution in [0.3, 0.4) is 0 Å². The van der Waals surface area contributed by atoms with Crippen LogP contribution >= 0.6 is 0 Å². The van der Waals surface area contributed by atoms with Crippen LogP contribution in [0.2, 0.25) is 0 Å². The van der Waals surface area contributed by atoms with Gasteiger partial charge in [0.1, 0.15) is 0 Å². The number of carbonyl (C=O) groups is 1. The molecule has 0 saturated heterocycles. The van der Waals surface area contributed by atoms with Crippen molar-refractivity contribution in [2.75, 3.05) is 0 Å². The molecular formula is C29H45NO3S. The van der Waals surface area contributed by atoms with Crippen LogP contribution in [0.4, 0.5) is 0 Å². The Morgan fingerprint density at radius 2 is 1.18 bits per heavy atom. The number of rotatable bonds is 19. The Balaban J connectivity index is 1.54. The lowest BCUT2D eigenvalue weighted by molar-refractivity contribution is 0.0979. The number of ketones is 1. The monoisotopic (exact) mass is 487 g/mol. The van der Waals surface area contributed by atoms with E-state index >= 15 is 0 Å². The van der Waals surface area contributed by atoms with E-state index in [2.05, 4.69) is 6.92 Å². The van der Waals surface area contributed by atoms with E-state index < -0.39 is 10.0 Å². The number of Topliss-reactive ketones (excluding diaryl/α,β-unsaturated/α-hetero) is 1. The largest absolute Gasteiger partial charge is 0.294 e. The normalized spacial score (nSPS) is 11.7. The summed E-state index contributed by atoms with van der Waals surface area (Å²) in [7, 11) is -3.65. The molecule has 0 spiro atoms. The number of benzene rings is 1. The number of aryl methyl sites for hydroxylation is 1. The van der Waals surface area contributed by atoms with Gasteiger partial charge in [-0.2, -0.15) is 0 Å². The van der Waals surface area contributed by atoms with Gasteiger partial charge >= 0.3 is 0 Å². The molecule has 4 nitrogen and oxygen atoms in total. The second kappa shape index (κ2) is 15.9. The van der Waals surface area contributed by atoms with E-state index in [0.717, 1.165) is 22.4 Å². The van der Waals surface area contributed by atoms with Gasteiger partial charge in [-0.05, 0) is 31.5 Å². The molecule has 0 fully saturated rings. The third-order valence-corrected chi connectivity index (χ3v) is 8.24. The van der Waals surface area contributed by atoms with Crippen LogP contribution in [-0.4, -0.2) is 18.2 Å². The van der Waals surface area contributed by atoms with Crippen molar-refractivity contribution >= 4 is 15.8 Å². The molecule has 0 amide bonds. The van der Waals surface area contributed by atoms with Crippen LogP contribution in [0.25, 0.3) is 0 Å². The fourth-order valence-corrected chi connectivity index (χ4v) is 5.52. The highest BCUT2D eigenvalue weighted by molar-refractivity contribution is 7.90. The van der Waals surface area contributed by atoms with Crippen molar-refractivity contribution in [1.29, 1.82) is 0 Å². The van der Waals surface area contributed by atoms with Gasteiger partial charge in [0.15, 0.2) is 5.78 Å². The van der Waals surface area contributed by atoms with Crippen LogP contribution in [0, 0.1) is 6.92 Å². The first-order valence-corrected chi connectivity index (χ1v) is 14.9. The summed E-state index contributed by atoms with van der Waals surface area (Å²) in [5, 5.41) is 0. The van der Waals surface area contributed by atoms with Gasteiger partial charge in [0.2, 0.25) is 0 Å². The fourth-order valence-electron chi connectivity index (χ4n) is 4.32. The summed E-state index contributed by atoms with van der Waals surface area (Å²) in [5.74, 6) is 0.0209. The average Bonchev–Trinajstić information content (AvgIpc) is 3.33. The first-order valence-electron chi connectivity index (χ1n) is 13.5. The molecule has 2 rings (SSSR count). The zero-order valence-corrected chi connectivity index (χ0v) is 22.3. The summed E-state index contributed by atoms with van der Waals surface area (Å²) in [6.45, 7) is 4.18. The fraction of sp³-hybridized carbons (Fsp3) is 0.621. The Kier molecular flexibility index (Phi) is 13.3. The van der Waals surface area contributed by atoms with Crippen LogP contribution in [0.5, 0.6) is 0 Å². The van der Waals surface area contributed by atoms with Crippen LogP contribution in [0.15, 0.2) is 47.6 Å². The summed E-state index contributed by atoms with van der Waals surface area (Å²) in [5.41, 5.74) is 1.48. The highest BCUT2D eigenvalue weighted by atomic mass is 32.2. The number of hydrogen-bond donors (Lipinski definition) is 0. The topological polar surface area (TPSA) is 56.1 Å². The maximum atomic E-state index is 12.7. The minimum absolute atomic E-state index is 0.0209. The van der Waals surface area contributed by atoms with Crippen molar-refractivity contribution in [3.8, 4) is 0 Å². The summed E-state index contributed by atoms with van der Waals surface area (Å²) in [6.07, 6.45) is 22.8. The van der Waals surface area contributed by atoms with Crippen molar-refractivity contribution in [1.82, 2.24) is 3.97 Å². The van der Waals surface area contributed by atoms with Gasteiger partial charge in [0.05, 0.1) is 4.90 Å². The Bertz CT molecular complexity index is 929. The molecule has 190 valence electrons. The number of nitrogens with zero attached hydrogens (tertiary/aromatic N) is 1. The molecule has 1 heterocycles. The SMILES string of the molecule is CCCCCCCCCCCCCCCCCC(=O)c1ccn(S(=O)(=O)c2ccc(C)cc2)c1. The first-order chi connectivity index (χ1) is 16.4. The van der Waals surface area contributed by atoms with Crippen LogP contribution in [-0.2, 0) is 10.0 Å². The van der Waals surface area contributed by atoms with Crippen molar-refractivity contribution in [3.63, 3.8) is 0 Å². The molecule has 1 aromatic heterocycles. The standard InChI is InChI=1S/C29H45NO3S/c1-3-4-5-6-7-8-9-10-11-12-13-14-15-16-17-18-29(31)27-23-24-30(25-27)34(32,33)28-21-19-26(2)20-22-28/h19-25H,3-18H2,1-2H3. The second-order valence-electron chi connectivity index (χ2n) is 9.67. The number of unbranched alkanes of at least 4 members (excludes halogenated alkanes) is 14. The van der Waals surface area contributed by atoms with E-state index in [-0.39, 0.29) is 10.7 Å². The molecule has 1 aromatic carbocycles. The first kappa shape index (κ1) is 28.4. The Morgan fingerprint density at radius 3 is 1.68 bits per heavy atom. The van der Waals surface area contributed by atoms with E-state index in [1.54, 1.807) is 30.3 Å². The summed E-state index contributed by atoms with van der Waals surface area (Å²) in [4.78, 5) is 12.7. The van der Waals surface area contributed by atoms with Gasteiger partial charge in [-0.15, -0.1) is 0 Å². The highest BCUT2D eigenvalue weighted by Gasteiger charge is 2.18. The van der Waals surface area contributed by atoms with Gasteiger partial charge in [-0.25, -0.2) is 12.4 Å². The molecule has 34 heavy (non-hydrogen) atoms. The third-order valence-electron chi connectivity index (χ3n) is 6.59. The average molecular weight is 488 g/mol. The van der Waals surface area contributed by atoms with Crippen LogP contribution in [0.1, 0.15) is 126 Å². The quantitative estimate of drug-likeness (QED) is 0.147. The zero-order chi connectivity index (χ0) is 24.7. The van der Waals surface area contributed by atoms with Crippen molar-refractivity contribution in [3.05, 3.63) is 53.9 Å². The van der Waals surface area contributed by atoms with Gasteiger partial charge < -0.3 is 0 Å². The van der Waals surface area contributed by atoms with Gasteiger partial charge in [0, 0.05) is 24.4 Å². The smallest absolute Gasteiger partial charge is 0.267 e. The summed E-state index contributed by atoms with van der Waals surface area (Å²) in [6, 6.07) is 8.36. The lowest BCUT2D eigenvalue weighted by Gasteiger charge is -2.06. The third kappa shape index (κ3) is 10.2. The molecule has 0 atom stereocenters. The van der Waals surface area contributed by atoms with E-state index in [1.807, 2.05) is 6.92 Å². The molecule has 0 bridgehead atoms. The molecule has 2 aromatic rings. The van der Waals surface area contributed by atoms with E-state index in [1.165, 1.54) is 95.9 Å². The van der Waals surface area contributed by atoms with Gasteiger partial charge in [-0.1, -0.05) is 115 Å². The molecule has 0 radical (unpaired) electrons. The molecule has 0 aliphatic carbocycles. The Hall–Kier alpha value is -1.88. The number of aromatic nitrogens is 1. The molecule has 0 aliphatic rings. The lowest BCUT2D eigenvalue weighted by atomic mass is 10.0. The van der Waals surface area contributed by atoms with E-state index in [4.69, 9.17) is 0 Å². The lowest BCUT2D eigenvalue weighted by Crippen LogP contribution is -2.11. The highest BCUT2D eigenvalue weighted by Crippen LogP contribution is 2.18. The van der Waals surface area contributed by atoms with E-state index in [9.17, 15) is 13.2 Å². The van der Waals surface area contributed by atoms with Crippen molar-refractivity contribution in [2.45, 2.75) is 121 Å². The van der Waals surface area contributed by atoms with Crippen molar-refractivity contribution < 1.29 is 13.2 Å². The molecular weight excluding hydrogens is 442 g/mol. The Labute approximate surface area is 208 Å². The molecule has 0 saturated carbocycles. The maximum absolute atomic E-state index is 12.7. The van der Waals surface area contributed by atoms with E-state index in [0.29, 0.717) is 12.0 Å². The molecule has 5 heteroatoms. The minimum Gasteiger partial charge on any atom is -0.294 e. The van der Waals surface area contributed by atoms with Crippen LogP contribution < -0.4 is 0 Å².